The Morgan fingerprint density at radius 1 is 1.58 bits per heavy atom. The second-order valence-corrected chi connectivity index (χ2v) is 2.61. The van der Waals surface area contributed by atoms with Gasteiger partial charge in [-0.3, -0.25) is 0 Å². The molecule has 12 heavy (non-hydrogen) atoms. The molecule has 1 aromatic rings. The molecule has 0 amide bonds. The molecule has 0 saturated heterocycles. The maximum Gasteiger partial charge on any atom is 0.125 e. The molecule has 1 heterocycles. The molecule has 0 spiro atoms. The Hall–Kier alpha value is -1.31. The van der Waals surface area contributed by atoms with E-state index in [0.29, 0.717) is 0 Å². The van der Waals surface area contributed by atoms with Gasteiger partial charge in [-0.15, -0.1) is 0 Å². The second-order valence-electron chi connectivity index (χ2n) is 2.61. The first-order valence-electron chi connectivity index (χ1n) is 4.19. The van der Waals surface area contributed by atoms with Crippen molar-refractivity contribution >= 4 is 11.9 Å². The van der Waals surface area contributed by atoms with Gasteiger partial charge in [0.2, 0.25) is 0 Å². The number of rotatable bonds is 4. The van der Waals surface area contributed by atoms with E-state index in [0.717, 1.165) is 24.3 Å². The van der Waals surface area contributed by atoms with Crippen LogP contribution in [-0.2, 0) is 0 Å². The minimum atomic E-state index is 0.933. The summed E-state index contributed by atoms with van der Waals surface area (Å²) in [5.74, 6) is 0.933. The summed E-state index contributed by atoms with van der Waals surface area (Å²) < 4.78 is 0. The van der Waals surface area contributed by atoms with Gasteiger partial charge in [-0.1, -0.05) is 19.6 Å². The van der Waals surface area contributed by atoms with E-state index in [1.807, 2.05) is 18.3 Å². The summed E-state index contributed by atoms with van der Waals surface area (Å²) in [5.41, 5.74) is 1.05. The number of pyridine rings is 1. The van der Waals surface area contributed by atoms with Gasteiger partial charge in [0.15, 0.2) is 0 Å². The first-order valence-corrected chi connectivity index (χ1v) is 4.19. The molecule has 1 N–H and O–H groups in total. The Morgan fingerprint density at radius 2 is 2.42 bits per heavy atom. The van der Waals surface area contributed by atoms with Gasteiger partial charge in [0, 0.05) is 12.7 Å². The summed E-state index contributed by atoms with van der Waals surface area (Å²) in [6, 6.07) is 3.96. The zero-order valence-corrected chi connectivity index (χ0v) is 7.38. The van der Waals surface area contributed by atoms with Gasteiger partial charge in [0.05, 0.1) is 0 Å². The lowest BCUT2D eigenvalue weighted by molar-refractivity contribution is 0.969. The van der Waals surface area contributed by atoms with Gasteiger partial charge >= 0.3 is 0 Å². The van der Waals surface area contributed by atoms with Crippen LogP contribution in [0.4, 0.5) is 5.82 Å². The average Bonchev–Trinajstić information content (AvgIpc) is 2.15. The Morgan fingerprint density at radius 3 is 2.92 bits per heavy atom. The van der Waals surface area contributed by atoms with Gasteiger partial charge in [-0.2, -0.15) is 0 Å². The summed E-state index contributed by atoms with van der Waals surface area (Å²) >= 11 is 0. The lowest BCUT2D eigenvalue weighted by atomic mass is 10.3. The van der Waals surface area contributed by atoms with Crippen LogP contribution in [0, 0.1) is 0 Å². The van der Waals surface area contributed by atoms with Gasteiger partial charge in [0.25, 0.3) is 0 Å². The van der Waals surface area contributed by atoms with E-state index in [-0.39, 0.29) is 0 Å². The fraction of sp³-hybridized carbons (Fsp3) is 0.300. The highest BCUT2D eigenvalue weighted by atomic mass is 15.0. The Balaban J connectivity index is 2.58. The summed E-state index contributed by atoms with van der Waals surface area (Å²) in [5, 5.41) is 3.20. The Bertz CT molecular complexity index is 239. The number of aromatic nitrogens is 1. The van der Waals surface area contributed by atoms with E-state index in [2.05, 4.69) is 23.8 Å². The van der Waals surface area contributed by atoms with Crippen LogP contribution in [0.2, 0.25) is 0 Å². The number of nitrogens with zero attached hydrogens (tertiary/aromatic N) is 1. The zero-order valence-electron chi connectivity index (χ0n) is 7.38. The number of hydrogen-bond donors (Lipinski definition) is 1. The molecule has 0 bridgehead atoms. The van der Waals surface area contributed by atoms with Crippen molar-refractivity contribution in [2.75, 3.05) is 11.9 Å². The van der Waals surface area contributed by atoms with E-state index in [4.69, 9.17) is 0 Å². The Labute approximate surface area is 73.3 Å². The monoisotopic (exact) mass is 162 g/mol. The van der Waals surface area contributed by atoms with E-state index in [9.17, 15) is 0 Å². The van der Waals surface area contributed by atoms with Crippen LogP contribution >= 0.6 is 0 Å². The number of anilines is 1. The first kappa shape index (κ1) is 8.78. The van der Waals surface area contributed by atoms with Crippen molar-refractivity contribution in [3.63, 3.8) is 0 Å². The van der Waals surface area contributed by atoms with Crippen molar-refractivity contribution in [3.8, 4) is 0 Å². The highest BCUT2D eigenvalue weighted by Crippen LogP contribution is 2.05. The quantitative estimate of drug-likeness (QED) is 0.736. The van der Waals surface area contributed by atoms with Crippen molar-refractivity contribution in [2.45, 2.75) is 13.3 Å². The molecular weight excluding hydrogens is 148 g/mol. The molecule has 0 unspecified atom stereocenters. The van der Waals surface area contributed by atoms with E-state index in [1.165, 1.54) is 0 Å². The molecular formula is C10H14N2. The van der Waals surface area contributed by atoms with E-state index >= 15 is 0 Å². The van der Waals surface area contributed by atoms with Crippen molar-refractivity contribution in [1.29, 1.82) is 0 Å². The van der Waals surface area contributed by atoms with Crippen LogP contribution in [0.3, 0.4) is 0 Å². The molecule has 1 rings (SSSR count). The van der Waals surface area contributed by atoms with Gasteiger partial charge < -0.3 is 5.32 Å². The third-order valence-electron chi connectivity index (χ3n) is 1.58. The van der Waals surface area contributed by atoms with Gasteiger partial charge in [0.1, 0.15) is 5.82 Å². The van der Waals surface area contributed by atoms with Crippen molar-refractivity contribution in [2.24, 2.45) is 0 Å². The largest absolute Gasteiger partial charge is 0.370 e. The van der Waals surface area contributed by atoms with Gasteiger partial charge in [-0.25, -0.2) is 4.98 Å². The number of hydrogen-bond acceptors (Lipinski definition) is 2. The van der Waals surface area contributed by atoms with Crippen LogP contribution in [0.1, 0.15) is 18.9 Å². The van der Waals surface area contributed by atoms with Crippen molar-refractivity contribution in [1.82, 2.24) is 4.98 Å². The maximum atomic E-state index is 4.20. The van der Waals surface area contributed by atoms with E-state index < -0.39 is 0 Å². The third-order valence-corrected chi connectivity index (χ3v) is 1.58. The highest BCUT2D eigenvalue weighted by Gasteiger charge is 1.90. The van der Waals surface area contributed by atoms with Gasteiger partial charge in [-0.05, 0) is 24.1 Å². The molecule has 0 saturated carbocycles. The summed E-state index contributed by atoms with van der Waals surface area (Å²) in [7, 11) is 0. The van der Waals surface area contributed by atoms with Crippen LogP contribution in [0.5, 0.6) is 0 Å². The molecule has 2 heteroatoms. The van der Waals surface area contributed by atoms with Crippen molar-refractivity contribution < 1.29 is 0 Å². The maximum absolute atomic E-state index is 4.20. The second kappa shape index (κ2) is 4.54. The summed E-state index contributed by atoms with van der Waals surface area (Å²) in [4.78, 5) is 4.20. The molecule has 0 aromatic carbocycles. The first-order chi connectivity index (χ1) is 5.86. The SMILES string of the molecule is C=Cc1ccc(NCCC)nc1. The molecule has 0 aliphatic heterocycles. The third kappa shape index (κ3) is 2.38. The molecule has 0 fully saturated rings. The minimum Gasteiger partial charge on any atom is -0.370 e. The average molecular weight is 162 g/mol. The predicted octanol–water partition coefficient (Wildman–Crippen LogP) is 2.55. The molecule has 0 atom stereocenters. The van der Waals surface area contributed by atoms with Crippen molar-refractivity contribution in [3.05, 3.63) is 30.5 Å². The molecule has 0 aliphatic rings. The van der Waals surface area contributed by atoms with Crippen LogP contribution in [-0.4, -0.2) is 11.5 Å². The van der Waals surface area contributed by atoms with Crippen LogP contribution in [0.25, 0.3) is 6.08 Å². The lowest BCUT2D eigenvalue weighted by Crippen LogP contribution is -2.01. The normalized spacial score (nSPS) is 9.42. The number of nitrogens with one attached hydrogen (secondary N) is 1. The highest BCUT2D eigenvalue weighted by molar-refractivity contribution is 5.48. The predicted molar refractivity (Wildman–Crippen MR) is 53.1 cm³/mol. The smallest absolute Gasteiger partial charge is 0.125 e. The van der Waals surface area contributed by atoms with Crippen LogP contribution < -0.4 is 5.32 Å². The standard InChI is InChI=1S/C10H14N2/c1-3-7-11-10-6-5-9(4-2)8-12-10/h4-6,8H,2-3,7H2,1H3,(H,11,12). The lowest BCUT2D eigenvalue weighted by Gasteiger charge is -2.02. The molecule has 64 valence electrons. The summed E-state index contributed by atoms with van der Waals surface area (Å²) in [6.07, 6.45) is 4.71. The fourth-order valence-electron chi connectivity index (χ4n) is 0.884. The molecule has 0 radical (unpaired) electrons. The zero-order chi connectivity index (χ0) is 8.81. The molecule has 2 nitrogen and oxygen atoms in total. The minimum absolute atomic E-state index is 0.933. The molecule has 0 aliphatic carbocycles. The molecule has 1 aromatic heterocycles. The fourth-order valence-corrected chi connectivity index (χ4v) is 0.884. The van der Waals surface area contributed by atoms with Crippen LogP contribution in [0.15, 0.2) is 24.9 Å². The topological polar surface area (TPSA) is 24.9 Å². The Kier molecular flexibility index (Phi) is 3.33. The van der Waals surface area contributed by atoms with E-state index in [1.54, 1.807) is 6.08 Å². The summed E-state index contributed by atoms with van der Waals surface area (Å²) in [6.45, 7) is 6.77.